The number of nitrogens with one attached hydrogen (secondary N) is 2. The van der Waals surface area contributed by atoms with Gasteiger partial charge in [0.1, 0.15) is 5.69 Å². The number of carbonyl (C=O) groups is 1. The predicted octanol–water partition coefficient (Wildman–Crippen LogP) is 6.69. The minimum atomic E-state index is -4.35. The van der Waals surface area contributed by atoms with Gasteiger partial charge < -0.3 is 10.2 Å². The van der Waals surface area contributed by atoms with Crippen molar-refractivity contribution in [3.63, 3.8) is 0 Å². The number of nitro benzene ring substituents is 1. The Kier molecular flexibility index (Phi) is 10.4. The van der Waals surface area contributed by atoms with E-state index in [9.17, 15) is 23.3 Å². The second-order valence-electron chi connectivity index (χ2n) is 12.6. The van der Waals surface area contributed by atoms with Crippen LogP contribution in [-0.2, 0) is 16.6 Å². The molecular weight excluding hydrogens is 627 g/mol. The second-order valence-corrected chi connectivity index (χ2v) is 14.3. The average Bonchev–Trinajstić information content (AvgIpc) is 3.12. The van der Waals surface area contributed by atoms with Crippen LogP contribution in [0.1, 0.15) is 48.0 Å². The smallest absolute Gasteiger partial charge is 0.293 e. The van der Waals surface area contributed by atoms with Crippen LogP contribution in [0.15, 0.2) is 102 Å². The SMILES string of the molecule is O=C(NS(=O)(=O)c1ccc(NCC2CCCCC2)c([N+](=O)[O-])c1)c1ccc(N2CCN(Cc3ccccc3-c3ccccc3)CC2)cc1. The molecule has 2 N–H and O–H groups in total. The second kappa shape index (κ2) is 15.0. The molecule has 250 valence electrons. The summed E-state index contributed by atoms with van der Waals surface area (Å²) in [5.41, 5.74) is 4.80. The van der Waals surface area contributed by atoms with Crippen molar-refractivity contribution in [1.29, 1.82) is 0 Å². The highest BCUT2D eigenvalue weighted by molar-refractivity contribution is 7.90. The van der Waals surface area contributed by atoms with E-state index < -0.39 is 20.9 Å². The molecule has 10 nitrogen and oxygen atoms in total. The van der Waals surface area contributed by atoms with Crippen LogP contribution in [0.3, 0.4) is 0 Å². The molecule has 0 spiro atoms. The highest BCUT2D eigenvalue weighted by Gasteiger charge is 2.25. The molecule has 0 unspecified atom stereocenters. The molecule has 6 rings (SSSR count). The monoisotopic (exact) mass is 667 g/mol. The third kappa shape index (κ3) is 8.03. The molecule has 4 aromatic rings. The summed E-state index contributed by atoms with van der Waals surface area (Å²) >= 11 is 0. The van der Waals surface area contributed by atoms with E-state index in [-0.39, 0.29) is 21.8 Å². The maximum Gasteiger partial charge on any atom is 0.293 e. The van der Waals surface area contributed by atoms with Gasteiger partial charge >= 0.3 is 0 Å². The Bertz CT molecular complexity index is 1840. The van der Waals surface area contributed by atoms with Gasteiger partial charge in [-0.1, -0.05) is 73.9 Å². The van der Waals surface area contributed by atoms with Gasteiger partial charge in [-0.2, -0.15) is 0 Å². The lowest BCUT2D eigenvalue weighted by Crippen LogP contribution is -2.46. The first-order valence-corrected chi connectivity index (χ1v) is 18.1. The van der Waals surface area contributed by atoms with Crippen LogP contribution >= 0.6 is 0 Å². The zero-order valence-electron chi connectivity index (χ0n) is 26.9. The van der Waals surface area contributed by atoms with Crippen molar-refractivity contribution in [2.75, 3.05) is 42.9 Å². The third-order valence-corrected chi connectivity index (χ3v) is 10.7. The zero-order chi connectivity index (χ0) is 33.5. The summed E-state index contributed by atoms with van der Waals surface area (Å²) in [6, 6.07) is 29.4. The van der Waals surface area contributed by atoms with Crippen molar-refractivity contribution < 1.29 is 18.1 Å². The van der Waals surface area contributed by atoms with Crippen LogP contribution in [0.4, 0.5) is 17.1 Å². The van der Waals surface area contributed by atoms with Crippen molar-refractivity contribution >= 4 is 33.0 Å². The van der Waals surface area contributed by atoms with Crippen LogP contribution in [-0.4, -0.2) is 56.9 Å². The summed E-state index contributed by atoms with van der Waals surface area (Å²) in [4.78, 5) is 28.5. The van der Waals surface area contributed by atoms with Crippen molar-refractivity contribution in [3.8, 4) is 11.1 Å². The van der Waals surface area contributed by atoms with Crippen LogP contribution in [0.5, 0.6) is 0 Å². The first kappa shape index (κ1) is 33.2. The molecule has 1 heterocycles. The molecule has 11 heteroatoms. The highest BCUT2D eigenvalue weighted by Crippen LogP contribution is 2.30. The topological polar surface area (TPSA) is 125 Å². The van der Waals surface area contributed by atoms with Gasteiger partial charge in [-0.05, 0) is 71.8 Å². The molecule has 0 bridgehead atoms. The number of rotatable bonds is 11. The van der Waals surface area contributed by atoms with Crippen LogP contribution in [0, 0.1) is 16.0 Å². The molecule has 4 aromatic carbocycles. The number of piperazine rings is 1. The molecule has 2 aliphatic rings. The maximum atomic E-state index is 13.1. The maximum absolute atomic E-state index is 13.1. The summed E-state index contributed by atoms with van der Waals surface area (Å²) in [5, 5.41) is 14.9. The van der Waals surface area contributed by atoms with Crippen molar-refractivity contribution in [2.24, 2.45) is 5.92 Å². The Morgan fingerprint density at radius 1 is 0.833 bits per heavy atom. The minimum absolute atomic E-state index is 0.179. The predicted molar refractivity (Wildman–Crippen MR) is 189 cm³/mol. The molecule has 2 fully saturated rings. The van der Waals surface area contributed by atoms with Gasteiger partial charge in [-0.15, -0.1) is 0 Å². The van der Waals surface area contributed by atoms with Crippen molar-refractivity contribution in [2.45, 2.75) is 43.5 Å². The molecule has 1 aliphatic heterocycles. The van der Waals surface area contributed by atoms with E-state index in [2.05, 4.69) is 68.4 Å². The number of benzene rings is 4. The van der Waals surface area contributed by atoms with Gasteiger partial charge in [-0.3, -0.25) is 19.8 Å². The average molecular weight is 668 g/mol. The molecule has 1 saturated heterocycles. The van der Waals surface area contributed by atoms with Gasteiger partial charge in [0, 0.05) is 56.6 Å². The molecule has 0 aromatic heterocycles. The van der Waals surface area contributed by atoms with E-state index in [0.29, 0.717) is 12.5 Å². The van der Waals surface area contributed by atoms with E-state index in [0.717, 1.165) is 70.2 Å². The summed E-state index contributed by atoms with van der Waals surface area (Å²) < 4.78 is 28.3. The van der Waals surface area contributed by atoms with E-state index in [1.165, 1.54) is 35.2 Å². The highest BCUT2D eigenvalue weighted by atomic mass is 32.2. The lowest BCUT2D eigenvalue weighted by atomic mass is 9.89. The summed E-state index contributed by atoms with van der Waals surface area (Å²) in [6.45, 7) is 4.85. The molecule has 0 radical (unpaired) electrons. The molecule has 1 amide bonds. The van der Waals surface area contributed by atoms with Gasteiger partial charge in [0.15, 0.2) is 0 Å². The normalized spacial score (nSPS) is 16.0. The van der Waals surface area contributed by atoms with E-state index in [1.54, 1.807) is 12.1 Å². The Hall–Kier alpha value is -4.74. The van der Waals surface area contributed by atoms with Gasteiger partial charge in [0.2, 0.25) is 0 Å². The van der Waals surface area contributed by atoms with Crippen molar-refractivity contribution in [1.82, 2.24) is 9.62 Å². The first-order chi connectivity index (χ1) is 23.3. The number of hydrogen-bond donors (Lipinski definition) is 2. The molecular formula is C37H41N5O5S. The van der Waals surface area contributed by atoms with Crippen LogP contribution in [0.25, 0.3) is 11.1 Å². The lowest BCUT2D eigenvalue weighted by Gasteiger charge is -2.36. The quantitative estimate of drug-likeness (QED) is 0.134. The summed E-state index contributed by atoms with van der Waals surface area (Å²) in [7, 11) is -4.35. The molecule has 0 atom stereocenters. The van der Waals surface area contributed by atoms with E-state index >= 15 is 0 Å². The molecule has 1 aliphatic carbocycles. The number of hydrogen-bond acceptors (Lipinski definition) is 8. The largest absolute Gasteiger partial charge is 0.379 e. The van der Waals surface area contributed by atoms with Gasteiger partial charge in [0.05, 0.1) is 9.82 Å². The summed E-state index contributed by atoms with van der Waals surface area (Å²) in [6.07, 6.45) is 5.65. The number of amides is 1. The van der Waals surface area contributed by atoms with Gasteiger partial charge in [0.25, 0.3) is 21.6 Å². The zero-order valence-corrected chi connectivity index (χ0v) is 27.7. The Morgan fingerprint density at radius 2 is 1.52 bits per heavy atom. The number of anilines is 2. The summed E-state index contributed by atoms with van der Waals surface area (Å²) in [5.74, 6) is -0.365. The molecule has 48 heavy (non-hydrogen) atoms. The number of nitro groups is 1. The Morgan fingerprint density at radius 3 is 2.23 bits per heavy atom. The van der Waals surface area contributed by atoms with E-state index in [1.807, 2.05) is 18.2 Å². The minimum Gasteiger partial charge on any atom is -0.379 e. The third-order valence-electron chi connectivity index (χ3n) is 9.37. The van der Waals surface area contributed by atoms with Crippen LogP contribution in [0.2, 0.25) is 0 Å². The lowest BCUT2D eigenvalue weighted by molar-refractivity contribution is -0.384. The fourth-order valence-corrected chi connectivity index (χ4v) is 7.64. The first-order valence-electron chi connectivity index (χ1n) is 16.6. The molecule has 1 saturated carbocycles. The van der Waals surface area contributed by atoms with Crippen LogP contribution < -0.4 is 14.9 Å². The van der Waals surface area contributed by atoms with Gasteiger partial charge in [-0.25, -0.2) is 13.1 Å². The number of nitrogens with zero attached hydrogens (tertiary/aromatic N) is 3. The Balaban J connectivity index is 1.04. The van der Waals surface area contributed by atoms with Crippen molar-refractivity contribution in [3.05, 3.63) is 118 Å². The number of sulfonamides is 1. The standard InChI is InChI=1S/C37H41N5O5S/c43-37(39-48(46,47)33-19-20-35(36(25-33)42(44)45)38-26-28-9-3-1-4-10-28)30-15-17-32(18-16-30)41-23-21-40(22-24-41)27-31-13-7-8-14-34(31)29-11-5-2-6-12-29/h2,5-8,11-20,25,28,38H,1,3-4,9-10,21-24,26-27H2,(H,39,43). The number of carbonyl (C=O) groups excluding carboxylic acids is 1. The Labute approximate surface area is 282 Å². The van der Waals surface area contributed by atoms with E-state index in [4.69, 9.17) is 0 Å². The fourth-order valence-electron chi connectivity index (χ4n) is 6.65. The fraction of sp³-hybridized carbons (Fsp3) is 0.324.